The molecule has 2 rings (SSSR count). The van der Waals surface area contributed by atoms with E-state index < -0.39 is 5.54 Å². The average Bonchev–Trinajstić information content (AvgIpc) is 2.45. The van der Waals surface area contributed by atoms with Crippen LogP contribution in [-0.4, -0.2) is 11.4 Å². The number of carbonyl (C=O) groups excluding carboxylic acids is 1. The highest BCUT2D eigenvalue weighted by molar-refractivity contribution is 5.86. The Morgan fingerprint density at radius 2 is 2.10 bits per heavy atom. The molecule has 1 fully saturated rings. The minimum Gasteiger partial charge on any atom is -0.348 e. The molecule has 21 heavy (non-hydrogen) atoms. The van der Waals surface area contributed by atoms with E-state index in [2.05, 4.69) is 50.4 Å². The fraction of sp³-hybridized carbons (Fsp3) is 0.611. The van der Waals surface area contributed by atoms with Crippen LogP contribution in [0, 0.1) is 12.8 Å². The number of carbonyl (C=O) groups is 1. The Morgan fingerprint density at radius 3 is 2.67 bits per heavy atom. The van der Waals surface area contributed by atoms with E-state index in [1.165, 1.54) is 12.0 Å². The van der Waals surface area contributed by atoms with E-state index in [0.29, 0.717) is 5.92 Å². The fourth-order valence-corrected chi connectivity index (χ4v) is 3.32. The van der Waals surface area contributed by atoms with Crippen molar-refractivity contribution in [3.63, 3.8) is 0 Å². The Labute approximate surface area is 128 Å². The molecule has 3 heteroatoms. The summed E-state index contributed by atoms with van der Waals surface area (Å²) < 4.78 is 0. The molecule has 1 aliphatic rings. The van der Waals surface area contributed by atoms with Gasteiger partial charge in [0.05, 0.1) is 11.6 Å². The number of aryl methyl sites for hydroxylation is 1. The summed E-state index contributed by atoms with van der Waals surface area (Å²) in [4.78, 5) is 12.6. The maximum Gasteiger partial charge on any atom is 0.240 e. The molecular formula is C18H28N2O. The Balaban J connectivity index is 2.07. The number of nitrogens with two attached hydrogens (primary N) is 1. The summed E-state index contributed by atoms with van der Waals surface area (Å²) >= 11 is 0. The maximum absolute atomic E-state index is 12.6. The normalized spacial score (nSPS) is 27.1. The van der Waals surface area contributed by atoms with E-state index in [-0.39, 0.29) is 11.9 Å². The summed E-state index contributed by atoms with van der Waals surface area (Å²) in [6.07, 6.45) is 4.70. The van der Waals surface area contributed by atoms with Crippen LogP contribution in [0.4, 0.5) is 0 Å². The smallest absolute Gasteiger partial charge is 0.240 e. The number of hydrogen-bond acceptors (Lipinski definition) is 2. The fourth-order valence-electron chi connectivity index (χ4n) is 3.32. The van der Waals surface area contributed by atoms with Gasteiger partial charge in [-0.2, -0.15) is 0 Å². The molecular weight excluding hydrogens is 260 g/mol. The third-order valence-corrected chi connectivity index (χ3v) is 4.68. The van der Waals surface area contributed by atoms with Crippen LogP contribution in [0.25, 0.3) is 0 Å². The Morgan fingerprint density at radius 1 is 1.43 bits per heavy atom. The molecule has 1 aromatic carbocycles. The van der Waals surface area contributed by atoms with Crippen molar-refractivity contribution < 1.29 is 4.79 Å². The molecule has 1 aliphatic carbocycles. The Kier molecular flexibility index (Phi) is 5.04. The lowest BCUT2D eigenvalue weighted by molar-refractivity contribution is -0.128. The number of hydrogen-bond donors (Lipinski definition) is 2. The highest BCUT2D eigenvalue weighted by Crippen LogP contribution is 2.31. The lowest BCUT2D eigenvalue weighted by Crippen LogP contribution is -2.56. The molecule has 3 unspecified atom stereocenters. The van der Waals surface area contributed by atoms with Crippen LogP contribution in [-0.2, 0) is 4.79 Å². The molecule has 1 saturated carbocycles. The summed E-state index contributed by atoms with van der Waals surface area (Å²) in [6, 6.07) is 8.42. The summed E-state index contributed by atoms with van der Waals surface area (Å²) in [5.74, 6) is 0.551. The Bertz CT molecular complexity index is 482. The predicted molar refractivity (Wildman–Crippen MR) is 86.9 cm³/mol. The highest BCUT2D eigenvalue weighted by atomic mass is 16.2. The van der Waals surface area contributed by atoms with Gasteiger partial charge in [-0.15, -0.1) is 0 Å². The van der Waals surface area contributed by atoms with Gasteiger partial charge in [-0.1, -0.05) is 56.5 Å². The molecule has 0 saturated heterocycles. The highest BCUT2D eigenvalue weighted by Gasteiger charge is 2.38. The van der Waals surface area contributed by atoms with Crippen LogP contribution in [0.5, 0.6) is 0 Å². The first-order valence-electron chi connectivity index (χ1n) is 8.11. The van der Waals surface area contributed by atoms with Crippen molar-refractivity contribution >= 4 is 5.91 Å². The number of nitrogens with one attached hydrogen (secondary N) is 1. The van der Waals surface area contributed by atoms with Gasteiger partial charge in [0.15, 0.2) is 0 Å². The molecule has 0 spiro atoms. The quantitative estimate of drug-likeness (QED) is 0.891. The van der Waals surface area contributed by atoms with Crippen molar-refractivity contribution in [1.29, 1.82) is 0 Å². The number of benzene rings is 1. The lowest BCUT2D eigenvalue weighted by Gasteiger charge is -2.36. The van der Waals surface area contributed by atoms with Crippen molar-refractivity contribution in [3.8, 4) is 0 Å². The van der Waals surface area contributed by atoms with E-state index in [4.69, 9.17) is 5.73 Å². The van der Waals surface area contributed by atoms with Crippen molar-refractivity contribution in [2.24, 2.45) is 11.7 Å². The van der Waals surface area contributed by atoms with E-state index in [9.17, 15) is 4.79 Å². The number of rotatable bonds is 4. The van der Waals surface area contributed by atoms with Gasteiger partial charge >= 0.3 is 0 Å². The van der Waals surface area contributed by atoms with Crippen LogP contribution >= 0.6 is 0 Å². The first-order valence-corrected chi connectivity index (χ1v) is 8.11. The largest absolute Gasteiger partial charge is 0.348 e. The molecule has 1 aromatic rings. The van der Waals surface area contributed by atoms with E-state index in [1.54, 1.807) is 0 Å². The second-order valence-corrected chi connectivity index (χ2v) is 6.70. The first-order chi connectivity index (χ1) is 9.94. The zero-order valence-electron chi connectivity index (χ0n) is 13.5. The monoisotopic (exact) mass is 288 g/mol. The number of amides is 1. The molecule has 116 valence electrons. The summed E-state index contributed by atoms with van der Waals surface area (Å²) in [5.41, 5.74) is 8.09. The van der Waals surface area contributed by atoms with Gasteiger partial charge in [0.25, 0.3) is 0 Å². The van der Waals surface area contributed by atoms with Crippen LogP contribution in [0.2, 0.25) is 0 Å². The van der Waals surface area contributed by atoms with Crippen molar-refractivity contribution in [1.82, 2.24) is 5.32 Å². The molecule has 0 bridgehead atoms. The molecule has 1 amide bonds. The molecule has 0 radical (unpaired) electrons. The van der Waals surface area contributed by atoms with Gasteiger partial charge in [0.1, 0.15) is 0 Å². The van der Waals surface area contributed by atoms with Crippen molar-refractivity contribution in [3.05, 3.63) is 35.4 Å². The lowest BCUT2D eigenvalue weighted by atomic mass is 9.76. The zero-order chi connectivity index (χ0) is 15.5. The predicted octanol–water partition coefficient (Wildman–Crippen LogP) is 3.47. The Hall–Kier alpha value is -1.35. The molecule has 3 atom stereocenters. The summed E-state index contributed by atoms with van der Waals surface area (Å²) in [6.45, 7) is 6.35. The summed E-state index contributed by atoms with van der Waals surface area (Å²) in [7, 11) is 0. The standard InChI is InChI=1S/C18H28N2O/c1-4-16(15-9-7-13(2)8-10-15)20-17(21)18(19)11-5-6-14(3)12-18/h7-10,14,16H,4-6,11-12,19H2,1-3H3,(H,20,21). The third kappa shape index (κ3) is 3.85. The SMILES string of the molecule is CCC(NC(=O)C1(N)CCCC(C)C1)c1ccc(C)cc1. The molecule has 3 nitrogen and oxygen atoms in total. The minimum atomic E-state index is -0.685. The van der Waals surface area contributed by atoms with E-state index in [1.807, 2.05) is 0 Å². The van der Waals surface area contributed by atoms with Gasteiger partial charge in [-0.3, -0.25) is 4.79 Å². The molecule has 3 N–H and O–H groups in total. The molecule has 0 aromatic heterocycles. The molecule has 0 aliphatic heterocycles. The van der Waals surface area contributed by atoms with Crippen LogP contribution in [0.3, 0.4) is 0 Å². The first kappa shape index (κ1) is 16.0. The third-order valence-electron chi connectivity index (χ3n) is 4.68. The molecule has 0 heterocycles. The van der Waals surface area contributed by atoms with Gasteiger partial charge in [0.2, 0.25) is 5.91 Å². The van der Waals surface area contributed by atoms with Gasteiger partial charge < -0.3 is 11.1 Å². The average molecular weight is 288 g/mol. The second kappa shape index (κ2) is 6.61. The van der Waals surface area contributed by atoms with Gasteiger partial charge in [-0.25, -0.2) is 0 Å². The van der Waals surface area contributed by atoms with E-state index >= 15 is 0 Å². The zero-order valence-corrected chi connectivity index (χ0v) is 13.5. The van der Waals surface area contributed by atoms with Crippen molar-refractivity contribution in [2.45, 2.75) is 64.5 Å². The van der Waals surface area contributed by atoms with Crippen molar-refractivity contribution in [2.75, 3.05) is 0 Å². The minimum absolute atomic E-state index is 0.0153. The van der Waals surface area contributed by atoms with Crippen LogP contribution in [0.1, 0.15) is 63.1 Å². The van der Waals surface area contributed by atoms with Gasteiger partial charge in [-0.05, 0) is 37.7 Å². The summed E-state index contributed by atoms with van der Waals surface area (Å²) in [5, 5.41) is 3.17. The maximum atomic E-state index is 12.6. The van der Waals surface area contributed by atoms with Gasteiger partial charge in [0, 0.05) is 0 Å². The van der Waals surface area contributed by atoms with E-state index in [0.717, 1.165) is 31.2 Å². The van der Waals surface area contributed by atoms with Crippen LogP contribution in [0.15, 0.2) is 24.3 Å². The second-order valence-electron chi connectivity index (χ2n) is 6.70. The topological polar surface area (TPSA) is 55.1 Å². The van der Waals surface area contributed by atoms with Crippen LogP contribution < -0.4 is 11.1 Å².